The molecule has 0 saturated heterocycles. The lowest BCUT2D eigenvalue weighted by Crippen LogP contribution is -2.27. The van der Waals surface area contributed by atoms with E-state index in [1.165, 1.54) is 225 Å². The van der Waals surface area contributed by atoms with Gasteiger partial charge in [-0.2, -0.15) is 0 Å². The van der Waals surface area contributed by atoms with E-state index in [4.69, 9.17) is 9.47 Å². The molecule has 0 spiro atoms. The standard InChI is InChI=1S/C43H86O2/c1-4-7-9-11-13-15-17-19-21-23-25-27-29-31-33-35-37-44-42-39-41(6-3)40-43(42)45-38-36-34-32-30-28-26-24-22-20-18-16-14-12-10-8-5-2/h41-43H,4-40H2,1-3H3/t42-,43-/m1/s1. The van der Waals surface area contributed by atoms with E-state index in [1.807, 2.05) is 0 Å². The SMILES string of the molecule is CCCCCCCCCCCCCCCCCCO[C@@H]1CC(CC)C[C@H]1OCCCCCCCCCCCCCCCCCC. The van der Waals surface area contributed by atoms with Crippen LogP contribution in [0.5, 0.6) is 0 Å². The molecule has 270 valence electrons. The van der Waals surface area contributed by atoms with Crippen molar-refractivity contribution >= 4 is 0 Å². The van der Waals surface area contributed by atoms with Crippen molar-refractivity contribution in [1.82, 2.24) is 0 Å². The minimum atomic E-state index is 0.354. The number of hydrogen-bond acceptors (Lipinski definition) is 2. The van der Waals surface area contributed by atoms with Gasteiger partial charge in [0.25, 0.3) is 0 Å². The number of unbranched alkanes of at least 4 members (excludes halogenated alkanes) is 30. The second kappa shape index (κ2) is 35.2. The zero-order valence-electron chi connectivity index (χ0n) is 31.7. The first-order valence-corrected chi connectivity index (χ1v) is 21.5. The third kappa shape index (κ3) is 28.6. The normalized spacial score (nSPS) is 17.1. The third-order valence-corrected chi connectivity index (χ3v) is 10.8. The fourth-order valence-corrected chi connectivity index (χ4v) is 7.51. The van der Waals surface area contributed by atoms with Crippen molar-refractivity contribution in [2.45, 2.75) is 258 Å². The zero-order valence-corrected chi connectivity index (χ0v) is 31.7. The number of ether oxygens (including phenoxy) is 2. The Labute approximate surface area is 285 Å². The Bertz CT molecular complexity index is 502. The summed E-state index contributed by atoms with van der Waals surface area (Å²) < 4.78 is 12.9. The molecule has 0 radical (unpaired) electrons. The lowest BCUT2D eigenvalue weighted by Gasteiger charge is -2.21. The molecule has 0 bridgehead atoms. The highest BCUT2D eigenvalue weighted by atomic mass is 16.5. The molecule has 0 aromatic carbocycles. The molecule has 0 aliphatic heterocycles. The van der Waals surface area contributed by atoms with Crippen LogP contribution < -0.4 is 0 Å². The molecule has 1 rings (SSSR count). The molecular formula is C43H86O2. The summed E-state index contributed by atoms with van der Waals surface area (Å²) >= 11 is 0. The molecule has 0 aromatic heterocycles. The molecule has 1 aliphatic rings. The van der Waals surface area contributed by atoms with Gasteiger partial charge in [-0.15, -0.1) is 0 Å². The van der Waals surface area contributed by atoms with Crippen LogP contribution in [0, 0.1) is 5.92 Å². The molecule has 1 fully saturated rings. The largest absolute Gasteiger partial charge is 0.376 e. The van der Waals surface area contributed by atoms with Crippen LogP contribution in [0.4, 0.5) is 0 Å². The van der Waals surface area contributed by atoms with Crippen LogP contribution in [0.1, 0.15) is 245 Å². The molecule has 1 aliphatic carbocycles. The first-order valence-electron chi connectivity index (χ1n) is 21.5. The van der Waals surface area contributed by atoms with Crippen LogP contribution in [-0.4, -0.2) is 25.4 Å². The Morgan fingerprint density at radius 3 is 0.756 bits per heavy atom. The summed E-state index contributed by atoms with van der Waals surface area (Å²) in [5, 5.41) is 0. The van der Waals surface area contributed by atoms with Gasteiger partial charge in [-0.3, -0.25) is 0 Å². The second-order valence-electron chi connectivity index (χ2n) is 15.2. The summed E-state index contributed by atoms with van der Waals surface area (Å²) in [7, 11) is 0. The summed E-state index contributed by atoms with van der Waals surface area (Å²) in [6.45, 7) is 8.84. The highest BCUT2D eigenvalue weighted by Gasteiger charge is 2.34. The van der Waals surface area contributed by atoms with Gasteiger partial charge < -0.3 is 9.47 Å². The van der Waals surface area contributed by atoms with E-state index in [0.29, 0.717) is 12.2 Å². The highest BCUT2D eigenvalue weighted by Crippen LogP contribution is 2.33. The van der Waals surface area contributed by atoms with Gasteiger partial charge in [0.1, 0.15) is 0 Å². The van der Waals surface area contributed by atoms with E-state index >= 15 is 0 Å². The molecule has 0 amide bonds. The minimum absolute atomic E-state index is 0.354. The highest BCUT2D eigenvalue weighted by molar-refractivity contribution is 4.85. The fraction of sp³-hybridized carbons (Fsp3) is 1.00. The van der Waals surface area contributed by atoms with Crippen LogP contribution in [-0.2, 0) is 9.47 Å². The Morgan fingerprint density at radius 1 is 0.311 bits per heavy atom. The lowest BCUT2D eigenvalue weighted by atomic mass is 10.0. The predicted octanol–water partition coefficient (Wildman–Crippen LogP) is 15.1. The summed E-state index contributed by atoms with van der Waals surface area (Å²) in [4.78, 5) is 0. The first kappa shape index (κ1) is 42.9. The van der Waals surface area contributed by atoms with Gasteiger partial charge in [-0.1, -0.05) is 220 Å². The third-order valence-electron chi connectivity index (χ3n) is 10.8. The van der Waals surface area contributed by atoms with Gasteiger partial charge in [-0.05, 0) is 31.6 Å². The molecule has 1 saturated carbocycles. The first-order chi connectivity index (χ1) is 22.3. The molecular weight excluding hydrogens is 548 g/mol. The second-order valence-corrected chi connectivity index (χ2v) is 15.2. The van der Waals surface area contributed by atoms with Crippen LogP contribution in [0.25, 0.3) is 0 Å². The summed E-state index contributed by atoms with van der Waals surface area (Å²) in [6.07, 6.45) is 50.0. The van der Waals surface area contributed by atoms with Crippen LogP contribution in [0.2, 0.25) is 0 Å². The fourth-order valence-electron chi connectivity index (χ4n) is 7.51. The molecule has 2 atom stereocenters. The minimum Gasteiger partial charge on any atom is -0.376 e. The molecule has 2 nitrogen and oxygen atoms in total. The van der Waals surface area contributed by atoms with Crippen molar-refractivity contribution in [3.63, 3.8) is 0 Å². The molecule has 2 heteroatoms. The van der Waals surface area contributed by atoms with Crippen LogP contribution in [0.3, 0.4) is 0 Å². The lowest BCUT2D eigenvalue weighted by molar-refractivity contribution is -0.0578. The average Bonchev–Trinajstić information content (AvgIpc) is 3.45. The predicted molar refractivity (Wildman–Crippen MR) is 202 cm³/mol. The van der Waals surface area contributed by atoms with E-state index in [9.17, 15) is 0 Å². The van der Waals surface area contributed by atoms with Gasteiger partial charge in [0.05, 0.1) is 12.2 Å². The summed E-state index contributed by atoms with van der Waals surface area (Å²) in [6, 6.07) is 0. The van der Waals surface area contributed by atoms with Crippen molar-refractivity contribution < 1.29 is 9.47 Å². The molecule has 0 unspecified atom stereocenters. The van der Waals surface area contributed by atoms with Crippen molar-refractivity contribution in [1.29, 1.82) is 0 Å². The average molecular weight is 635 g/mol. The van der Waals surface area contributed by atoms with Gasteiger partial charge in [-0.25, -0.2) is 0 Å². The summed E-state index contributed by atoms with van der Waals surface area (Å²) in [5.41, 5.74) is 0. The molecule has 0 aromatic rings. The van der Waals surface area contributed by atoms with E-state index < -0.39 is 0 Å². The van der Waals surface area contributed by atoms with E-state index in [1.54, 1.807) is 0 Å². The van der Waals surface area contributed by atoms with Crippen molar-refractivity contribution in [2.75, 3.05) is 13.2 Å². The van der Waals surface area contributed by atoms with E-state index in [0.717, 1.165) is 19.1 Å². The maximum Gasteiger partial charge on any atom is 0.0839 e. The van der Waals surface area contributed by atoms with Gasteiger partial charge in [0.15, 0.2) is 0 Å². The number of rotatable bonds is 37. The smallest absolute Gasteiger partial charge is 0.0839 e. The Kier molecular flexibility index (Phi) is 33.6. The van der Waals surface area contributed by atoms with Crippen LogP contribution in [0.15, 0.2) is 0 Å². The van der Waals surface area contributed by atoms with Crippen molar-refractivity contribution in [3.05, 3.63) is 0 Å². The Hall–Kier alpha value is -0.0800. The van der Waals surface area contributed by atoms with E-state index in [2.05, 4.69) is 20.8 Å². The summed E-state index contributed by atoms with van der Waals surface area (Å²) in [5.74, 6) is 0.802. The monoisotopic (exact) mass is 635 g/mol. The molecule has 45 heavy (non-hydrogen) atoms. The Morgan fingerprint density at radius 2 is 0.533 bits per heavy atom. The van der Waals surface area contributed by atoms with Gasteiger partial charge in [0, 0.05) is 13.2 Å². The topological polar surface area (TPSA) is 18.5 Å². The van der Waals surface area contributed by atoms with Gasteiger partial charge in [0.2, 0.25) is 0 Å². The molecule has 0 heterocycles. The Balaban J connectivity index is 1.88. The number of hydrogen-bond donors (Lipinski definition) is 0. The zero-order chi connectivity index (χ0) is 32.3. The van der Waals surface area contributed by atoms with Crippen molar-refractivity contribution in [2.24, 2.45) is 5.92 Å². The van der Waals surface area contributed by atoms with Gasteiger partial charge >= 0.3 is 0 Å². The van der Waals surface area contributed by atoms with Crippen molar-refractivity contribution in [3.8, 4) is 0 Å². The maximum atomic E-state index is 6.43. The molecule has 0 N–H and O–H groups in total. The van der Waals surface area contributed by atoms with E-state index in [-0.39, 0.29) is 0 Å². The quantitative estimate of drug-likeness (QED) is 0.0633. The maximum absolute atomic E-state index is 6.43. The van der Waals surface area contributed by atoms with Crippen LogP contribution >= 0.6 is 0 Å².